The summed E-state index contributed by atoms with van der Waals surface area (Å²) >= 11 is 0. The van der Waals surface area contributed by atoms with E-state index in [0.717, 1.165) is 173 Å². The van der Waals surface area contributed by atoms with Gasteiger partial charge in [0.25, 0.3) is 0 Å². The number of ether oxygens (including phenoxy) is 4. The standard InChI is InChI=1S/C38H45N5O5.C33H37N5O3.C28H35N3O3Si.C21H24N2Si/c1-25(2)34(41-36(45)47-6)35(44)42-19-9-13-32(42)31-22-29(24-40-31)28-17-15-26(16-18-28)11-7-8-12-27-21-30(39-23-27)33-14-10-20-43(33)37(46)48-38(3,4)5;1-22(2)31(37-33(40)41-3)32(39)38-17-7-11-30(38)29-19-26(21-36-29)25-14-12-23(13-15-25)8-4-5-9-24-18-28(35-20-24)27-10-6-16-34-27;1-20(2)26(30-28(33)34-3)27(32)31-16-9-11-25(31)24-18-23(19-29-24)22-14-12-21(13-15-22)10-7-8-17-35(4,5)6;1-24(2,3)14-5-4-7-17-9-11-18(12-10-17)19-15-21(23-16-19)20-8-6-13-22-20/h15-18,23-25,32-34H,9-10,13-14,19-22H2,1-6H3,(H,41,45);12-15,20-22,27,30-31,34H,6-7,10-11,16-19H2,1-3H3,(H,37,40);12-15,19-20,25-26H,9,11,16,18H2,1-6H3,(H,30,33);9-12,16,20,22H,6,8,13,15H2,1-3H3/t32-,33-,34-;27-,30-,31-;25-,26-;20-/m0000/s1. The maximum absolute atomic E-state index is 13.5. The first-order valence-electron chi connectivity index (χ1n) is 51.9. The van der Waals surface area contributed by atoms with Crippen molar-refractivity contribution in [1.29, 1.82) is 0 Å². The third kappa shape index (κ3) is 31.6. The molecule has 0 aliphatic carbocycles. The molecule has 4 aromatic carbocycles. The van der Waals surface area contributed by atoms with Crippen molar-refractivity contribution in [3.05, 3.63) is 190 Å². The Morgan fingerprint density at radius 2 is 0.608 bits per heavy atom. The third-order valence-electron chi connectivity index (χ3n) is 27.1. The molecule has 0 radical (unpaired) electrons. The van der Waals surface area contributed by atoms with Gasteiger partial charge in [0.2, 0.25) is 17.7 Å². The lowest BCUT2D eigenvalue weighted by molar-refractivity contribution is -0.134. The van der Waals surface area contributed by atoms with E-state index in [1.54, 1.807) is 11.1 Å². The number of nitrogens with zero attached hydrogens (tertiary/aromatic N) is 10. The first kappa shape index (κ1) is 111. The molecular weight excluding hydrogens is 1880 g/mol. The highest BCUT2D eigenvalue weighted by Crippen LogP contribution is 2.37. The van der Waals surface area contributed by atoms with E-state index in [4.69, 9.17) is 33.9 Å². The van der Waals surface area contributed by atoms with Crippen LogP contribution in [0.5, 0.6) is 0 Å². The van der Waals surface area contributed by atoms with Crippen molar-refractivity contribution >= 4 is 115 Å². The molecule has 12 heterocycles. The second kappa shape index (κ2) is 52.3. The number of carbonyl (C=O) groups is 7. The molecule has 148 heavy (non-hydrogen) atoms. The van der Waals surface area contributed by atoms with Gasteiger partial charge in [-0.15, -0.1) is 11.1 Å². The van der Waals surface area contributed by atoms with Crippen molar-refractivity contribution in [1.82, 2.24) is 46.2 Å². The molecule has 5 N–H and O–H groups in total. The molecule has 9 atom stereocenters. The molecule has 7 amide bonds. The lowest BCUT2D eigenvalue weighted by atomic mass is 9.97. The number of alkyl carbamates (subject to hydrolysis) is 3. The van der Waals surface area contributed by atoms with E-state index in [9.17, 15) is 33.6 Å². The fraction of sp³-hybridized carbons (Fsp3) is 0.458. The molecular formula is C120H141N15O11Si2. The summed E-state index contributed by atoms with van der Waals surface area (Å²) in [5, 5.41) is 15.1. The van der Waals surface area contributed by atoms with Gasteiger partial charge in [-0.25, -0.2) is 19.2 Å². The first-order chi connectivity index (χ1) is 70.9. The zero-order valence-corrected chi connectivity index (χ0v) is 91.1. The Hall–Kier alpha value is -14.3. The number of methoxy groups -OCH3 is 3. The van der Waals surface area contributed by atoms with Crippen LogP contribution in [0, 0.1) is 112 Å². The van der Waals surface area contributed by atoms with Crippen molar-refractivity contribution in [2.24, 2.45) is 47.7 Å². The van der Waals surface area contributed by atoms with Crippen LogP contribution in [0.25, 0.3) is 22.3 Å². The summed E-state index contributed by atoms with van der Waals surface area (Å²) < 4.78 is 19.8. The molecule has 0 saturated carbocycles. The summed E-state index contributed by atoms with van der Waals surface area (Å²) in [6, 6.07) is 31.4. The van der Waals surface area contributed by atoms with Crippen LogP contribution >= 0.6 is 0 Å². The molecule has 28 heteroatoms. The van der Waals surface area contributed by atoms with Gasteiger partial charge >= 0.3 is 24.4 Å². The van der Waals surface area contributed by atoms with Crippen molar-refractivity contribution in [3.8, 4) is 94.0 Å². The highest BCUT2D eigenvalue weighted by molar-refractivity contribution is 6.84. The number of aliphatic imine (C=N–C) groups is 6. The van der Waals surface area contributed by atoms with Gasteiger partial charge in [0, 0.05) is 182 Å². The highest BCUT2D eigenvalue weighted by atomic mass is 28.3. The Kier molecular flexibility index (Phi) is 39.2. The SMILES string of the molecule is COC(=O)N[C@H](C(=O)N1CCC[C@H]1C1=NC=C(c2ccc(C#CC#CC3=CN=C([C@@H]4CCCN4)C3)cc2)C1)C(C)C.COC(=O)N[C@H](C(=O)N1CCC[C@H]1C1=NC=C(c2ccc(C#CC#CC3=CN=C([C@@H]4CCCN4C(=O)OC(C)(C)C)C3)cc2)C1)C(C)C.COC(=O)N[C@H](C(=O)N1CCC[C@H]1C1=NC=C(c2ccc(C#CC#C[Si](C)(C)C)cc2)C1)C(C)C.C[Si](C)(C)C#CC#Cc1ccc(C2=CN=C([C@@H]3CCCN3)C2)cc1. The normalized spacial score (nSPS) is 20.4. The molecule has 26 nitrogen and oxygen atoms in total. The van der Waals surface area contributed by atoms with Crippen LogP contribution in [0.2, 0.25) is 39.3 Å². The number of nitrogens with one attached hydrogen (secondary N) is 5. The van der Waals surface area contributed by atoms with E-state index >= 15 is 0 Å². The number of amides is 7. The van der Waals surface area contributed by atoms with Gasteiger partial charge in [0.15, 0.2) is 0 Å². The van der Waals surface area contributed by atoms with Gasteiger partial charge in [-0.1, -0.05) is 165 Å². The van der Waals surface area contributed by atoms with E-state index in [1.807, 2.05) is 157 Å². The van der Waals surface area contributed by atoms with Crippen LogP contribution in [0.1, 0.15) is 222 Å². The van der Waals surface area contributed by atoms with E-state index < -0.39 is 58.2 Å². The number of carbonyl (C=O) groups excluding carboxylic acids is 7. The van der Waals surface area contributed by atoms with Crippen LogP contribution < -0.4 is 26.6 Å². The van der Waals surface area contributed by atoms with Gasteiger partial charge in [-0.3, -0.25) is 49.2 Å². The molecule has 12 aliphatic heterocycles. The van der Waals surface area contributed by atoms with Crippen LogP contribution in [0.3, 0.4) is 0 Å². The van der Waals surface area contributed by atoms with E-state index in [2.05, 4.69) is 223 Å². The fourth-order valence-corrected chi connectivity index (χ4v) is 20.2. The molecule has 6 saturated heterocycles. The summed E-state index contributed by atoms with van der Waals surface area (Å²) in [6.07, 6.45) is 25.7. The minimum Gasteiger partial charge on any atom is -0.453 e. The smallest absolute Gasteiger partial charge is 0.410 e. The van der Waals surface area contributed by atoms with E-state index in [1.165, 1.54) is 63.2 Å². The lowest BCUT2D eigenvalue weighted by Crippen LogP contribution is -2.53. The van der Waals surface area contributed by atoms with Crippen LogP contribution in [-0.2, 0) is 33.3 Å². The zero-order chi connectivity index (χ0) is 106. The van der Waals surface area contributed by atoms with Gasteiger partial charge in [0.05, 0.1) is 45.5 Å². The molecule has 6 fully saturated rings. The largest absolute Gasteiger partial charge is 0.453 e. The highest BCUT2D eigenvalue weighted by Gasteiger charge is 2.44. The van der Waals surface area contributed by atoms with E-state index in [-0.39, 0.29) is 65.7 Å². The van der Waals surface area contributed by atoms with Crippen LogP contribution in [-0.4, -0.2) is 233 Å². The zero-order valence-electron chi connectivity index (χ0n) is 89.1. The average molecular weight is 2030 g/mol. The maximum atomic E-state index is 13.5. The molecule has 0 spiro atoms. The second-order valence-corrected chi connectivity index (χ2v) is 52.3. The summed E-state index contributed by atoms with van der Waals surface area (Å²) in [4.78, 5) is 124. The van der Waals surface area contributed by atoms with Crippen molar-refractivity contribution < 1.29 is 52.5 Å². The minimum atomic E-state index is -1.41. The summed E-state index contributed by atoms with van der Waals surface area (Å²) in [6.45, 7) is 35.2. The van der Waals surface area contributed by atoms with Gasteiger partial charge < -0.3 is 60.2 Å². The quantitative estimate of drug-likeness (QED) is 0.0332. The summed E-state index contributed by atoms with van der Waals surface area (Å²) in [5.74, 6) is 42.0. The molecule has 0 unspecified atom stereocenters. The van der Waals surface area contributed by atoms with Gasteiger partial charge in [-0.05, 0) is 269 Å². The number of hydrogen-bond acceptors (Lipinski definition) is 19. The number of hydrogen-bond donors (Lipinski definition) is 5. The Bertz CT molecular complexity index is 6580. The monoisotopic (exact) mass is 2020 g/mol. The third-order valence-corrected chi connectivity index (χ3v) is 28.8. The number of benzene rings is 4. The lowest BCUT2D eigenvalue weighted by Gasteiger charge is -2.31. The number of likely N-dealkylation sites (tertiary alicyclic amines) is 4. The Balaban J connectivity index is 0.000000169. The average Bonchev–Trinajstić information content (AvgIpc) is 1.65. The minimum absolute atomic E-state index is 0.0490. The second-order valence-electron chi connectivity index (χ2n) is 42.8. The fourth-order valence-electron chi connectivity index (χ4n) is 19.3. The number of allylic oxidation sites excluding steroid dienone is 6. The summed E-state index contributed by atoms with van der Waals surface area (Å²) in [5.41, 5.74) is 27.1. The molecule has 770 valence electrons. The topological polar surface area (TPSA) is 304 Å². The van der Waals surface area contributed by atoms with Crippen LogP contribution in [0.4, 0.5) is 19.2 Å². The van der Waals surface area contributed by atoms with Crippen molar-refractivity contribution in [3.63, 3.8) is 0 Å². The predicted octanol–water partition coefficient (Wildman–Crippen LogP) is 18.1. The maximum Gasteiger partial charge on any atom is 0.410 e. The molecule has 4 aromatic rings. The molecule has 16 rings (SSSR count). The Morgan fingerprint density at radius 1 is 0.345 bits per heavy atom. The molecule has 12 aliphatic rings. The summed E-state index contributed by atoms with van der Waals surface area (Å²) in [7, 11) is 1.17. The molecule has 0 aromatic heterocycles. The van der Waals surface area contributed by atoms with Crippen molar-refractivity contribution in [2.75, 3.05) is 60.6 Å². The molecule has 0 bridgehead atoms. The number of rotatable bonds is 19. The Morgan fingerprint density at radius 3 is 0.905 bits per heavy atom. The van der Waals surface area contributed by atoms with Crippen molar-refractivity contribution in [2.45, 2.75) is 277 Å². The first-order valence-corrected chi connectivity index (χ1v) is 58.9. The van der Waals surface area contributed by atoms with Gasteiger partial charge in [0.1, 0.15) is 39.9 Å². The predicted molar refractivity (Wildman–Crippen MR) is 596 cm³/mol. The Labute approximate surface area is 877 Å². The van der Waals surface area contributed by atoms with Crippen LogP contribution in [0.15, 0.2) is 175 Å². The van der Waals surface area contributed by atoms with Gasteiger partial charge in [-0.2, -0.15) is 0 Å². The van der Waals surface area contributed by atoms with E-state index in [0.29, 0.717) is 63.9 Å².